The lowest BCUT2D eigenvalue weighted by molar-refractivity contribution is 0.163. The summed E-state index contributed by atoms with van der Waals surface area (Å²) in [7, 11) is 6.63. The number of hydrogen-bond acceptors (Lipinski definition) is 5. The molecule has 7 nitrogen and oxygen atoms in total. The van der Waals surface area contributed by atoms with Gasteiger partial charge in [-0.3, -0.25) is 9.89 Å². The topological polar surface area (TPSA) is 67.4 Å². The number of halogens is 1. The highest BCUT2D eigenvalue weighted by Gasteiger charge is 2.17. The van der Waals surface area contributed by atoms with Crippen molar-refractivity contribution in [1.29, 1.82) is 0 Å². The van der Waals surface area contributed by atoms with E-state index < -0.39 is 0 Å². The van der Waals surface area contributed by atoms with Gasteiger partial charge in [-0.25, -0.2) is 0 Å². The molecule has 0 amide bonds. The molecule has 0 aromatic heterocycles. The maximum absolute atomic E-state index is 5.41. The Hall–Kier alpha value is -1.42. The van der Waals surface area contributed by atoms with Crippen LogP contribution in [0.5, 0.6) is 17.2 Å². The Balaban J connectivity index is 0.00000392. The number of methoxy groups -OCH3 is 3. The van der Waals surface area contributed by atoms with Crippen molar-refractivity contribution in [3.05, 3.63) is 17.7 Å². The number of guanidine groups is 1. The van der Waals surface area contributed by atoms with E-state index in [9.17, 15) is 0 Å². The molecule has 160 valence electrons. The van der Waals surface area contributed by atoms with Crippen molar-refractivity contribution in [2.24, 2.45) is 4.99 Å². The van der Waals surface area contributed by atoms with Gasteiger partial charge < -0.3 is 24.8 Å². The first-order valence-electron chi connectivity index (χ1n) is 9.60. The Bertz CT molecular complexity index is 602. The van der Waals surface area contributed by atoms with Gasteiger partial charge in [-0.05, 0) is 44.0 Å². The zero-order valence-electron chi connectivity index (χ0n) is 17.7. The number of ether oxygens (including phenoxy) is 3. The van der Waals surface area contributed by atoms with Crippen LogP contribution in [0.3, 0.4) is 0 Å². The van der Waals surface area contributed by atoms with E-state index in [2.05, 4.69) is 27.4 Å². The predicted molar refractivity (Wildman–Crippen MR) is 125 cm³/mol. The maximum atomic E-state index is 5.41. The summed E-state index contributed by atoms with van der Waals surface area (Å²) in [5, 5.41) is 6.74. The van der Waals surface area contributed by atoms with Crippen LogP contribution in [-0.2, 0) is 6.54 Å². The van der Waals surface area contributed by atoms with E-state index in [0.717, 1.165) is 24.6 Å². The summed E-state index contributed by atoms with van der Waals surface area (Å²) in [6.45, 7) is 6.03. The lowest BCUT2D eigenvalue weighted by Crippen LogP contribution is -2.45. The maximum Gasteiger partial charge on any atom is 0.203 e. The molecule has 1 fully saturated rings. The highest BCUT2D eigenvalue weighted by Crippen LogP contribution is 2.38. The van der Waals surface area contributed by atoms with Crippen molar-refractivity contribution in [2.75, 3.05) is 48.0 Å². The fourth-order valence-corrected chi connectivity index (χ4v) is 3.45. The van der Waals surface area contributed by atoms with Gasteiger partial charge in [0.05, 0.1) is 21.3 Å². The van der Waals surface area contributed by atoms with Crippen LogP contribution < -0.4 is 24.8 Å². The minimum absolute atomic E-state index is 0. The highest BCUT2D eigenvalue weighted by atomic mass is 127. The molecule has 2 rings (SSSR count). The second kappa shape index (κ2) is 12.9. The van der Waals surface area contributed by atoms with E-state index in [0.29, 0.717) is 29.8 Å². The number of hydrogen-bond donors (Lipinski definition) is 2. The van der Waals surface area contributed by atoms with E-state index in [1.807, 2.05) is 12.1 Å². The molecule has 0 spiro atoms. The van der Waals surface area contributed by atoms with Gasteiger partial charge in [0.2, 0.25) is 5.75 Å². The van der Waals surface area contributed by atoms with Crippen LogP contribution in [0.25, 0.3) is 0 Å². The van der Waals surface area contributed by atoms with Crippen molar-refractivity contribution < 1.29 is 14.2 Å². The van der Waals surface area contributed by atoms with Crippen molar-refractivity contribution in [3.8, 4) is 17.2 Å². The van der Waals surface area contributed by atoms with E-state index >= 15 is 0 Å². The summed E-state index contributed by atoms with van der Waals surface area (Å²) in [6.07, 6.45) is 3.95. The first kappa shape index (κ1) is 24.6. The Labute approximate surface area is 186 Å². The van der Waals surface area contributed by atoms with Crippen LogP contribution in [0.15, 0.2) is 17.1 Å². The molecule has 28 heavy (non-hydrogen) atoms. The first-order chi connectivity index (χ1) is 13.1. The van der Waals surface area contributed by atoms with Gasteiger partial charge in [-0.1, -0.05) is 6.42 Å². The Morgan fingerprint density at radius 2 is 1.79 bits per heavy atom. The van der Waals surface area contributed by atoms with Gasteiger partial charge in [-0.15, -0.1) is 24.0 Å². The number of rotatable bonds is 8. The Morgan fingerprint density at radius 3 is 2.32 bits per heavy atom. The number of nitrogens with zero attached hydrogens (tertiary/aromatic N) is 2. The molecule has 1 aliphatic heterocycles. The van der Waals surface area contributed by atoms with Gasteiger partial charge in [0.1, 0.15) is 0 Å². The predicted octanol–water partition coefficient (Wildman–Crippen LogP) is 2.87. The summed E-state index contributed by atoms with van der Waals surface area (Å²) in [4.78, 5) is 6.86. The summed E-state index contributed by atoms with van der Waals surface area (Å²) in [6, 6.07) is 4.56. The third kappa shape index (κ3) is 6.88. The van der Waals surface area contributed by atoms with E-state index in [1.54, 1.807) is 28.4 Å². The molecule has 1 aliphatic rings. The highest BCUT2D eigenvalue weighted by molar-refractivity contribution is 14.0. The molecule has 0 saturated carbocycles. The Kier molecular flexibility index (Phi) is 11.4. The van der Waals surface area contributed by atoms with Crippen LogP contribution in [0, 0.1) is 0 Å². The minimum Gasteiger partial charge on any atom is -0.493 e. The molecule has 8 heteroatoms. The fraction of sp³-hybridized carbons (Fsp3) is 0.650. The summed E-state index contributed by atoms with van der Waals surface area (Å²) < 4.78 is 16.2. The molecule has 1 unspecified atom stereocenters. The molecular formula is C20H35IN4O3. The van der Waals surface area contributed by atoms with Crippen molar-refractivity contribution in [3.63, 3.8) is 0 Å². The third-order valence-electron chi connectivity index (χ3n) is 5.04. The van der Waals surface area contributed by atoms with Crippen molar-refractivity contribution >= 4 is 29.9 Å². The number of aliphatic imine (C=N–C) groups is 1. The van der Waals surface area contributed by atoms with Gasteiger partial charge in [0, 0.05) is 32.7 Å². The minimum atomic E-state index is 0. The second-order valence-corrected chi connectivity index (χ2v) is 6.77. The van der Waals surface area contributed by atoms with E-state index in [1.165, 1.54) is 25.8 Å². The van der Waals surface area contributed by atoms with E-state index in [4.69, 9.17) is 14.2 Å². The quantitative estimate of drug-likeness (QED) is 0.321. The SMILES string of the molecule is CN=C(NCCN1CCCCC1C)NCc1cc(OC)c(OC)c(OC)c1.I. The third-order valence-corrected chi connectivity index (χ3v) is 5.04. The second-order valence-electron chi connectivity index (χ2n) is 6.77. The first-order valence-corrected chi connectivity index (χ1v) is 9.60. The monoisotopic (exact) mass is 506 g/mol. The average Bonchev–Trinajstić information content (AvgIpc) is 2.70. The fourth-order valence-electron chi connectivity index (χ4n) is 3.45. The van der Waals surface area contributed by atoms with Crippen LogP contribution in [0.2, 0.25) is 0 Å². The molecule has 2 N–H and O–H groups in total. The van der Waals surface area contributed by atoms with Gasteiger partial charge in [0.25, 0.3) is 0 Å². The summed E-state index contributed by atoms with van der Waals surface area (Å²) in [5.74, 6) is 2.68. The molecular weight excluding hydrogens is 471 g/mol. The largest absolute Gasteiger partial charge is 0.493 e. The molecule has 1 aromatic carbocycles. The number of piperidine rings is 1. The van der Waals surface area contributed by atoms with Crippen molar-refractivity contribution in [2.45, 2.75) is 38.8 Å². The van der Waals surface area contributed by atoms with Crippen LogP contribution in [0.4, 0.5) is 0 Å². The molecule has 1 atom stereocenters. The van der Waals surface area contributed by atoms with Crippen molar-refractivity contribution in [1.82, 2.24) is 15.5 Å². The molecule has 1 aromatic rings. The zero-order valence-corrected chi connectivity index (χ0v) is 20.0. The number of nitrogens with one attached hydrogen (secondary N) is 2. The van der Waals surface area contributed by atoms with Gasteiger partial charge >= 0.3 is 0 Å². The number of likely N-dealkylation sites (tertiary alicyclic amines) is 1. The summed E-state index contributed by atoms with van der Waals surface area (Å²) >= 11 is 0. The number of benzene rings is 1. The molecule has 1 saturated heterocycles. The lowest BCUT2D eigenvalue weighted by atomic mass is 10.0. The molecule has 1 heterocycles. The van der Waals surface area contributed by atoms with E-state index in [-0.39, 0.29) is 24.0 Å². The Morgan fingerprint density at radius 1 is 1.11 bits per heavy atom. The average molecular weight is 506 g/mol. The van der Waals surface area contributed by atoms with Crippen LogP contribution >= 0.6 is 24.0 Å². The molecule has 0 radical (unpaired) electrons. The smallest absolute Gasteiger partial charge is 0.203 e. The van der Waals surface area contributed by atoms with Crippen LogP contribution in [-0.4, -0.2) is 64.9 Å². The normalized spacial score (nSPS) is 17.5. The standard InChI is InChI=1S/C20H34N4O3.HI/c1-15-8-6-7-10-24(15)11-9-22-20(21-2)23-14-16-12-17(25-3)19(27-5)18(13-16)26-4;/h12-13,15H,6-11,14H2,1-5H3,(H2,21,22,23);1H. The zero-order chi connectivity index (χ0) is 19.6. The van der Waals surface area contributed by atoms with Gasteiger partial charge in [0.15, 0.2) is 17.5 Å². The van der Waals surface area contributed by atoms with Gasteiger partial charge in [-0.2, -0.15) is 0 Å². The van der Waals surface area contributed by atoms with Crippen LogP contribution in [0.1, 0.15) is 31.7 Å². The molecule has 0 aliphatic carbocycles. The lowest BCUT2D eigenvalue weighted by Gasteiger charge is -2.33. The summed E-state index contributed by atoms with van der Waals surface area (Å²) in [5.41, 5.74) is 1.03. The molecule has 0 bridgehead atoms.